The van der Waals surface area contributed by atoms with Crippen LogP contribution >= 0.6 is 0 Å². The van der Waals surface area contributed by atoms with Gasteiger partial charge in [-0.25, -0.2) is 23.3 Å². The molecule has 3 unspecified atom stereocenters. The first-order valence-corrected chi connectivity index (χ1v) is 16.0. The molecule has 49 heavy (non-hydrogen) atoms. The number of halogens is 8. The standard InChI is InChI=1S/C30H34F8N8O3/c31-28(32)6-1-16(2-7-28)24(42-26(48)22-3-8-40-46(22)15-29(33,34)35)21-14-45-27(41-21)43-23(17-4-9-49-10-5-17)20(44-45)12-18-11-19(30(36,37)38)13-39-25(18)47/h3,8,14,16-19,24H,1-2,4-7,9-13,15H2,(H,39,47)(H,42,48). The number of hydrogen-bond acceptors (Lipinski definition) is 7. The first-order chi connectivity index (χ1) is 23.1. The number of aromatic nitrogens is 6. The minimum Gasteiger partial charge on any atom is -0.381 e. The molecule has 3 aromatic heterocycles. The van der Waals surface area contributed by atoms with E-state index in [1.807, 2.05) is 0 Å². The summed E-state index contributed by atoms with van der Waals surface area (Å²) in [6, 6.07) is 0.0740. The summed E-state index contributed by atoms with van der Waals surface area (Å²) >= 11 is 0. The van der Waals surface area contributed by atoms with Crippen LogP contribution in [0.3, 0.4) is 0 Å². The van der Waals surface area contributed by atoms with Crippen molar-refractivity contribution in [3.05, 3.63) is 41.2 Å². The first kappa shape index (κ1) is 34.9. The van der Waals surface area contributed by atoms with Crippen molar-refractivity contribution in [2.45, 2.75) is 88.1 Å². The molecule has 3 aromatic rings. The van der Waals surface area contributed by atoms with Gasteiger partial charge < -0.3 is 15.4 Å². The van der Waals surface area contributed by atoms with Gasteiger partial charge in [-0.15, -0.1) is 0 Å². The van der Waals surface area contributed by atoms with Gasteiger partial charge in [0.05, 0.1) is 35.2 Å². The molecule has 2 aliphatic heterocycles. The Morgan fingerprint density at radius 3 is 2.47 bits per heavy atom. The predicted molar refractivity (Wildman–Crippen MR) is 153 cm³/mol. The molecule has 0 radical (unpaired) electrons. The van der Waals surface area contributed by atoms with E-state index in [0.717, 1.165) is 12.3 Å². The molecular weight excluding hydrogens is 672 g/mol. The van der Waals surface area contributed by atoms with Gasteiger partial charge >= 0.3 is 12.4 Å². The van der Waals surface area contributed by atoms with E-state index in [1.54, 1.807) is 0 Å². The summed E-state index contributed by atoms with van der Waals surface area (Å²) in [5.41, 5.74) is 0.507. The van der Waals surface area contributed by atoms with E-state index < -0.39 is 91.9 Å². The number of carbonyl (C=O) groups excluding carboxylic acids is 2. The highest BCUT2D eigenvalue weighted by atomic mass is 19.4. The normalized spacial score (nSPS) is 23.4. The summed E-state index contributed by atoms with van der Waals surface area (Å²) in [6.07, 6.45) is -7.21. The lowest BCUT2D eigenvalue weighted by Gasteiger charge is -2.33. The summed E-state index contributed by atoms with van der Waals surface area (Å²) in [5, 5.41) is 13.3. The molecule has 268 valence electrons. The fourth-order valence-electron chi connectivity index (χ4n) is 6.90. The maximum atomic E-state index is 14.1. The Labute approximate surface area is 274 Å². The number of imidazole rings is 1. The molecule has 3 atom stereocenters. The topological polar surface area (TPSA) is 128 Å². The van der Waals surface area contributed by atoms with Gasteiger partial charge in [-0.05, 0) is 44.1 Å². The van der Waals surface area contributed by atoms with Gasteiger partial charge in [0.25, 0.3) is 11.7 Å². The molecule has 0 aromatic carbocycles. The first-order valence-electron chi connectivity index (χ1n) is 16.0. The minimum atomic E-state index is -4.67. The van der Waals surface area contributed by atoms with E-state index in [4.69, 9.17) is 9.72 Å². The van der Waals surface area contributed by atoms with E-state index in [2.05, 4.69) is 25.8 Å². The molecule has 3 aliphatic rings. The number of fused-ring (bicyclic) bond motifs is 1. The van der Waals surface area contributed by atoms with Crippen LogP contribution in [-0.4, -0.2) is 79.2 Å². The molecular formula is C30H34F8N8O3. The molecule has 11 nitrogen and oxygen atoms in total. The molecule has 3 fully saturated rings. The van der Waals surface area contributed by atoms with E-state index in [9.17, 15) is 44.7 Å². The molecule has 5 heterocycles. The molecule has 0 spiro atoms. The van der Waals surface area contributed by atoms with Crippen LogP contribution in [0.25, 0.3) is 5.78 Å². The van der Waals surface area contributed by atoms with Gasteiger partial charge in [0.1, 0.15) is 12.2 Å². The second-order valence-electron chi connectivity index (χ2n) is 13.0. The average molecular weight is 707 g/mol. The molecule has 1 aliphatic carbocycles. The smallest absolute Gasteiger partial charge is 0.381 e. The third kappa shape index (κ3) is 8.12. The minimum absolute atomic E-state index is 0.0236. The highest BCUT2D eigenvalue weighted by Crippen LogP contribution is 2.42. The van der Waals surface area contributed by atoms with Crippen molar-refractivity contribution in [2.75, 3.05) is 19.8 Å². The number of hydrogen-bond donors (Lipinski definition) is 2. The lowest BCUT2D eigenvalue weighted by molar-refractivity contribution is -0.183. The Kier molecular flexibility index (Phi) is 9.58. The van der Waals surface area contributed by atoms with Crippen LogP contribution in [0.4, 0.5) is 35.1 Å². The van der Waals surface area contributed by atoms with E-state index in [-0.39, 0.29) is 36.7 Å². The van der Waals surface area contributed by atoms with Crippen molar-refractivity contribution in [3.8, 4) is 0 Å². The number of nitrogens with one attached hydrogen (secondary N) is 2. The maximum absolute atomic E-state index is 14.1. The Bertz CT molecular complexity index is 1660. The number of alkyl halides is 8. The number of carbonyl (C=O) groups is 2. The summed E-state index contributed by atoms with van der Waals surface area (Å²) in [6.45, 7) is -1.23. The van der Waals surface area contributed by atoms with Crippen LogP contribution in [0.2, 0.25) is 0 Å². The zero-order valence-electron chi connectivity index (χ0n) is 26.0. The van der Waals surface area contributed by atoms with Crippen molar-refractivity contribution in [3.63, 3.8) is 0 Å². The Morgan fingerprint density at radius 2 is 1.80 bits per heavy atom. The molecule has 2 N–H and O–H groups in total. The third-order valence-electron chi connectivity index (χ3n) is 9.52. The van der Waals surface area contributed by atoms with Crippen molar-refractivity contribution in [1.82, 2.24) is 40.0 Å². The number of piperidine rings is 1. The van der Waals surface area contributed by atoms with Crippen molar-refractivity contribution < 1.29 is 49.4 Å². The van der Waals surface area contributed by atoms with Crippen LogP contribution in [0.5, 0.6) is 0 Å². The fraction of sp³-hybridized carbons (Fsp3) is 0.667. The highest BCUT2D eigenvalue weighted by Gasteiger charge is 2.45. The quantitative estimate of drug-likeness (QED) is 0.318. The monoisotopic (exact) mass is 706 g/mol. The zero-order chi connectivity index (χ0) is 35.1. The van der Waals surface area contributed by atoms with Crippen LogP contribution in [-0.2, 0) is 22.5 Å². The summed E-state index contributed by atoms with van der Waals surface area (Å²) < 4.78 is 116. The van der Waals surface area contributed by atoms with E-state index in [0.29, 0.717) is 42.1 Å². The molecule has 2 amide bonds. The Morgan fingerprint density at radius 1 is 1.08 bits per heavy atom. The molecule has 0 bridgehead atoms. The Balaban J connectivity index is 1.35. The number of rotatable bonds is 8. The second-order valence-corrected chi connectivity index (χ2v) is 13.0. The summed E-state index contributed by atoms with van der Waals surface area (Å²) in [5.74, 6) is -7.85. The second kappa shape index (κ2) is 13.4. The SMILES string of the molecule is O=C(NC(c1cn2nc(CC3CC(C(F)(F)F)CNC3=O)c(C3CCOCC3)nc2n1)C1CCC(F)(F)CC1)c1ccnn1CC(F)(F)F. The van der Waals surface area contributed by atoms with Crippen LogP contribution in [0, 0.1) is 17.8 Å². The van der Waals surface area contributed by atoms with E-state index >= 15 is 0 Å². The molecule has 2 saturated heterocycles. The summed E-state index contributed by atoms with van der Waals surface area (Å²) in [4.78, 5) is 35.4. The van der Waals surface area contributed by atoms with Gasteiger partial charge in [0, 0.05) is 57.1 Å². The molecule has 19 heteroatoms. The van der Waals surface area contributed by atoms with Gasteiger partial charge in [0.15, 0.2) is 0 Å². The zero-order valence-corrected chi connectivity index (χ0v) is 26.0. The number of ether oxygens (including phenoxy) is 1. The fourth-order valence-corrected chi connectivity index (χ4v) is 6.90. The van der Waals surface area contributed by atoms with Gasteiger partial charge in [0.2, 0.25) is 11.8 Å². The van der Waals surface area contributed by atoms with Gasteiger partial charge in [-0.3, -0.25) is 14.3 Å². The van der Waals surface area contributed by atoms with Crippen molar-refractivity contribution in [2.24, 2.45) is 17.8 Å². The summed E-state index contributed by atoms with van der Waals surface area (Å²) in [7, 11) is 0. The van der Waals surface area contributed by atoms with Crippen molar-refractivity contribution in [1.29, 1.82) is 0 Å². The average Bonchev–Trinajstić information content (AvgIpc) is 3.66. The number of amides is 2. The maximum Gasteiger partial charge on any atom is 0.408 e. The van der Waals surface area contributed by atoms with Crippen LogP contribution < -0.4 is 10.6 Å². The third-order valence-corrected chi connectivity index (χ3v) is 9.52. The number of nitrogens with zero attached hydrogens (tertiary/aromatic N) is 6. The van der Waals surface area contributed by atoms with Gasteiger partial charge in [-0.1, -0.05) is 0 Å². The predicted octanol–water partition coefficient (Wildman–Crippen LogP) is 4.93. The van der Waals surface area contributed by atoms with Gasteiger partial charge in [-0.2, -0.15) is 36.5 Å². The molecule has 1 saturated carbocycles. The lowest BCUT2D eigenvalue weighted by atomic mass is 9.81. The lowest BCUT2D eigenvalue weighted by Crippen LogP contribution is -2.47. The van der Waals surface area contributed by atoms with Crippen molar-refractivity contribution >= 4 is 17.6 Å². The Hall–Kier alpha value is -3.90. The van der Waals surface area contributed by atoms with Crippen LogP contribution in [0.1, 0.15) is 84.5 Å². The van der Waals surface area contributed by atoms with Crippen LogP contribution in [0.15, 0.2) is 18.5 Å². The molecule has 6 rings (SSSR count). The highest BCUT2D eigenvalue weighted by molar-refractivity contribution is 5.92. The van der Waals surface area contributed by atoms with E-state index in [1.165, 1.54) is 10.7 Å². The largest absolute Gasteiger partial charge is 0.408 e.